The molecule has 10 heteroatoms. The van der Waals surface area contributed by atoms with Crippen LogP contribution in [0.2, 0.25) is 0 Å². The molecule has 0 saturated heterocycles. The standard InChI is InChI=1S/C23H36NO8P/c1-18-11-10-12-20(32-17-19(25)14-15-22(27)28)23(18)24-21(26)13-8-6-4-2-3-5-7-9-16-33(29,30)31/h10-12H,2-9,13-17H2,1H3,(H,24,26)(H,27,28)(H2,29,30,31). The molecule has 0 spiro atoms. The van der Waals surface area contributed by atoms with E-state index in [2.05, 4.69) is 5.32 Å². The van der Waals surface area contributed by atoms with Crippen molar-refractivity contribution in [2.45, 2.75) is 77.6 Å². The van der Waals surface area contributed by atoms with Gasteiger partial charge in [-0.05, 0) is 31.4 Å². The summed E-state index contributed by atoms with van der Waals surface area (Å²) in [4.78, 5) is 52.3. The van der Waals surface area contributed by atoms with Crippen molar-refractivity contribution < 1.29 is 38.6 Å². The maximum absolute atomic E-state index is 12.4. The van der Waals surface area contributed by atoms with Crippen molar-refractivity contribution >= 4 is 30.9 Å². The topological polar surface area (TPSA) is 150 Å². The van der Waals surface area contributed by atoms with Crippen LogP contribution in [-0.4, -0.2) is 45.3 Å². The number of Topliss-reactive ketones (excluding diaryl/α,β-unsaturated/α-hetero) is 1. The molecule has 0 aliphatic heterocycles. The van der Waals surface area contributed by atoms with E-state index in [0.29, 0.717) is 24.3 Å². The molecule has 0 atom stereocenters. The highest BCUT2D eigenvalue weighted by Gasteiger charge is 2.13. The van der Waals surface area contributed by atoms with E-state index < -0.39 is 13.6 Å². The number of hydrogen-bond acceptors (Lipinski definition) is 5. The van der Waals surface area contributed by atoms with E-state index in [1.165, 1.54) is 0 Å². The molecule has 0 saturated carbocycles. The summed E-state index contributed by atoms with van der Waals surface area (Å²) in [6.07, 6.45) is 7.02. The molecule has 1 amide bonds. The Kier molecular flexibility index (Phi) is 13.6. The first-order valence-corrected chi connectivity index (χ1v) is 13.2. The van der Waals surface area contributed by atoms with Gasteiger partial charge in [0.15, 0.2) is 5.78 Å². The van der Waals surface area contributed by atoms with Crippen LogP contribution in [0.15, 0.2) is 18.2 Å². The molecule has 0 fully saturated rings. The number of ether oxygens (including phenoxy) is 1. The van der Waals surface area contributed by atoms with Gasteiger partial charge in [-0.3, -0.25) is 18.9 Å². The van der Waals surface area contributed by atoms with Crippen molar-refractivity contribution in [2.75, 3.05) is 18.1 Å². The molecule has 0 aromatic heterocycles. The fourth-order valence-corrected chi connectivity index (χ4v) is 3.90. The van der Waals surface area contributed by atoms with E-state index >= 15 is 0 Å². The van der Waals surface area contributed by atoms with Gasteiger partial charge in [-0.1, -0.05) is 50.7 Å². The van der Waals surface area contributed by atoms with Crippen molar-refractivity contribution in [3.8, 4) is 5.75 Å². The quantitative estimate of drug-likeness (QED) is 0.176. The number of para-hydroxylation sites is 1. The van der Waals surface area contributed by atoms with Crippen LogP contribution < -0.4 is 10.1 Å². The summed E-state index contributed by atoms with van der Waals surface area (Å²) in [6, 6.07) is 5.25. The number of carboxylic acids is 1. The molecule has 1 rings (SSSR count). The second-order valence-corrected chi connectivity index (χ2v) is 9.96. The van der Waals surface area contributed by atoms with Gasteiger partial charge >= 0.3 is 13.6 Å². The number of rotatable bonds is 18. The van der Waals surface area contributed by atoms with Crippen LogP contribution in [0.5, 0.6) is 5.75 Å². The highest BCUT2D eigenvalue weighted by atomic mass is 31.2. The minimum atomic E-state index is -3.87. The Hall–Kier alpha value is -2.22. The SMILES string of the molecule is Cc1cccc(OCC(=O)CCC(=O)O)c1NC(=O)CCCCCCCCCCP(=O)(O)O. The average Bonchev–Trinajstić information content (AvgIpc) is 2.73. The Bertz CT molecular complexity index is 821. The molecular weight excluding hydrogens is 449 g/mol. The van der Waals surface area contributed by atoms with E-state index in [4.69, 9.17) is 19.6 Å². The van der Waals surface area contributed by atoms with E-state index in [1.807, 2.05) is 13.0 Å². The van der Waals surface area contributed by atoms with E-state index in [9.17, 15) is 18.9 Å². The molecule has 4 N–H and O–H groups in total. The molecule has 0 unspecified atom stereocenters. The first-order chi connectivity index (χ1) is 15.6. The van der Waals surface area contributed by atoms with Crippen LogP contribution in [0.1, 0.15) is 76.2 Å². The predicted octanol–water partition coefficient (Wildman–Crippen LogP) is 4.43. The Balaban J connectivity index is 2.28. The van der Waals surface area contributed by atoms with Gasteiger partial charge in [0.05, 0.1) is 12.1 Å². The monoisotopic (exact) mass is 485 g/mol. The summed E-state index contributed by atoms with van der Waals surface area (Å²) in [7, 11) is -3.87. The fourth-order valence-electron chi connectivity index (χ4n) is 3.26. The highest BCUT2D eigenvalue weighted by Crippen LogP contribution is 2.35. The molecule has 0 aliphatic rings. The first kappa shape index (κ1) is 28.8. The van der Waals surface area contributed by atoms with Crippen LogP contribution in [0, 0.1) is 6.92 Å². The molecule has 33 heavy (non-hydrogen) atoms. The normalized spacial score (nSPS) is 11.2. The molecular formula is C23H36NO8P. The van der Waals surface area contributed by atoms with Crippen molar-refractivity contribution in [3.05, 3.63) is 23.8 Å². The molecule has 0 heterocycles. The lowest BCUT2D eigenvalue weighted by Crippen LogP contribution is -2.16. The van der Waals surface area contributed by atoms with Crippen LogP contribution >= 0.6 is 7.60 Å². The number of anilines is 1. The van der Waals surface area contributed by atoms with Crippen molar-refractivity contribution in [1.29, 1.82) is 0 Å². The summed E-state index contributed by atoms with van der Waals surface area (Å²) in [6.45, 7) is 1.58. The smallest absolute Gasteiger partial charge is 0.325 e. The number of benzene rings is 1. The van der Waals surface area contributed by atoms with Crippen molar-refractivity contribution in [1.82, 2.24) is 0 Å². The number of carbonyl (C=O) groups excluding carboxylic acids is 2. The maximum Gasteiger partial charge on any atom is 0.325 e. The summed E-state index contributed by atoms with van der Waals surface area (Å²) in [5.74, 6) is -1.11. The second-order valence-electron chi connectivity index (χ2n) is 8.18. The number of carboxylic acid groups (broad SMARTS) is 1. The Labute approximate surface area is 195 Å². The van der Waals surface area contributed by atoms with Gasteiger partial charge in [-0.15, -0.1) is 0 Å². The summed E-state index contributed by atoms with van der Waals surface area (Å²) in [5.41, 5.74) is 1.32. The maximum atomic E-state index is 12.4. The average molecular weight is 486 g/mol. The molecule has 0 radical (unpaired) electrons. The number of nitrogens with one attached hydrogen (secondary N) is 1. The van der Waals surface area contributed by atoms with Gasteiger partial charge in [0, 0.05) is 19.0 Å². The summed E-state index contributed by atoms with van der Waals surface area (Å²) >= 11 is 0. The molecule has 186 valence electrons. The van der Waals surface area contributed by atoms with Crippen LogP contribution in [0.25, 0.3) is 0 Å². The van der Waals surface area contributed by atoms with Gasteiger partial charge in [0.2, 0.25) is 5.91 Å². The van der Waals surface area contributed by atoms with Gasteiger partial charge in [0.1, 0.15) is 12.4 Å². The van der Waals surface area contributed by atoms with Crippen LogP contribution in [0.3, 0.4) is 0 Å². The predicted molar refractivity (Wildman–Crippen MR) is 126 cm³/mol. The summed E-state index contributed by atoms with van der Waals surface area (Å²) in [5, 5.41) is 11.5. The minimum absolute atomic E-state index is 0.0449. The number of carbonyl (C=O) groups is 3. The number of amides is 1. The first-order valence-electron chi connectivity index (χ1n) is 11.4. The van der Waals surface area contributed by atoms with Crippen LogP contribution in [-0.2, 0) is 18.9 Å². The third kappa shape index (κ3) is 14.5. The number of aryl methyl sites for hydroxylation is 1. The number of unbranched alkanes of at least 4 members (excludes halogenated alkanes) is 7. The zero-order chi connectivity index (χ0) is 24.7. The number of aliphatic carboxylic acids is 1. The Morgan fingerprint density at radius 1 is 0.909 bits per heavy atom. The van der Waals surface area contributed by atoms with Crippen LogP contribution in [0.4, 0.5) is 5.69 Å². The van der Waals surface area contributed by atoms with Gasteiger partial charge in [0.25, 0.3) is 0 Å². The largest absolute Gasteiger partial charge is 0.484 e. The number of ketones is 1. The van der Waals surface area contributed by atoms with Crippen molar-refractivity contribution in [3.63, 3.8) is 0 Å². The van der Waals surface area contributed by atoms with Gasteiger partial charge in [-0.25, -0.2) is 0 Å². The Morgan fingerprint density at radius 3 is 2.12 bits per heavy atom. The Morgan fingerprint density at radius 2 is 1.52 bits per heavy atom. The highest BCUT2D eigenvalue weighted by molar-refractivity contribution is 7.51. The molecule has 1 aromatic rings. The third-order valence-electron chi connectivity index (χ3n) is 5.11. The zero-order valence-electron chi connectivity index (χ0n) is 19.3. The molecule has 0 bridgehead atoms. The van der Waals surface area contributed by atoms with E-state index in [1.54, 1.807) is 12.1 Å². The molecule has 1 aromatic carbocycles. The van der Waals surface area contributed by atoms with Gasteiger partial charge < -0.3 is 24.9 Å². The zero-order valence-corrected chi connectivity index (χ0v) is 20.1. The summed E-state index contributed by atoms with van der Waals surface area (Å²) < 4.78 is 16.3. The third-order valence-corrected chi connectivity index (χ3v) is 6.01. The van der Waals surface area contributed by atoms with Crippen molar-refractivity contribution in [2.24, 2.45) is 0 Å². The second kappa shape index (κ2) is 15.6. The lowest BCUT2D eigenvalue weighted by atomic mass is 10.1. The fraction of sp³-hybridized carbons (Fsp3) is 0.609. The minimum Gasteiger partial charge on any atom is -0.484 e. The number of hydrogen-bond donors (Lipinski definition) is 4. The molecule has 0 aliphatic carbocycles. The van der Waals surface area contributed by atoms with Gasteiger partial charge in [-0.2, -0.15) is 0 Å². The van der Waals surface area contributed by atoms with E-state index in [0.717, 1.165) is 50.5 Å². The lowest BCUT2D eigenvalue weighted by molar-refractivity contribution is -0.138. The molecule has 9 nitrogen and oxygen atoms in total. The lowest BCUT2D eigenvalue weighted by Gasteiger charge is -2.14. The van der Waals surface area contributed by atoms with E-state index in [-0.39, 0.29) is 37.3 Å².